The Morgan fingerprint density at radius 2 is 2.19 bits per heavy atom. The first kappa shape index (κ1) is 17.3. The zero-order chi connectivity index (χ0) is 15.8. The number of thioether (sulfide) groups is 1. The molecule has 0 aliphatic rings. The minimum absolute atomic E-state index is 0.0485. The fourth-order valence-corrected chi connectivity index (χ4v) is 2.78. The van der Waals surface area contributed by atoms with Gasteiger partial charge < -0.3 is 9.47 Å². The van der Waals surface area contributed by atoms with Crippen LogP contribution in [0, 0.1) is 10.1 Å². The highest BCUT2D eigenvalue weighted by Gasteiger charge is 2.23. The first-order chi connectivity index (χ1) is 9.99. The normalized spacial score (nSPS) is 11.8. The van der Waals surface area contributed by atoms with Gasteiger partial charge in [-0.25, -0.2) is 0 Å². The summed E-state index contributed by atoms with van der Waals surface area (Å²) in [7, 11) is 1.32. The van der Waals surface area contributed by atoms with Crippen LogP contribution in [0.3, 0.4) is 0 Å². The number of nitro benzene ring substituents is 1. The molecule has 0 saturated heterocycles. The largest absolute Gasteiger partial charge is 0.487 e. The molecular formula is C14H19NO5S. The predicted octanol–water partition coefficient (Wildman–Crippen LogP) is 3.43. The summed E-state index contributed by atoms with van der Waals surface area (Å²) >= 11 is 1.27. The summed E-state index contributed by atoms with van der Waals surface area (Å²) in [5.74, 6) is -0.0758. The maximum Gasteiger partial charge on any atom is 0.324 e. The number of benzene rings is 1. The van der Waals surface area contributed by atoms with Crippen LogP contribution >= 0.6 is 11.8 Å². The van der Waals surface area contributed by atoms with Crippen molar-refractivity contribution in [1.29, 1.82) is 0 Å². The minimum atomic E-state index is -0.446. The topological polar surface area (TPSA) is 78.7 Å². The molecule has 1 unspecified atom stereocenters. The summed E-state index contributed by atoms with van der Waals surface area (Å²) in [5.41, 5.74) is -0.0485. The molecule has 0 saturated carbocycles. The Balaban J connectivity index is 2.95. The maximum atomic E-state index is 11.3. The SMILES string of the molecule is CCCOc1cccc(SC(C)CC(=O)OC)c1[N+](=O)[O-]. The van der Waals surface area contributed by atoms with Gasteiger partial charge in [0.1, 0.15) is 0 Å². The number of carbonyl (C=O) groups is 1. The second-order valence-corrected chi connectivity index (χ2v) is 5.90. The van der Waals surface area contributed by atoms with Crippen LogP contribution in [0.5, 0.6) is 5.75 Å². The van der Waals surface area contributed by atoms with Crippen LogP contribution in [0.15, 0.2) is 23.1 Å². The van der Waals surface area contributed by atoms with Crippen LogP contribution < -0.4 is 4.74 Å². The number of methoxy groups -OCH3 is 1. The molecule has 0 aliphatic heterocycles. The molecule has 0 aliphatic carbocycles. The summed E-state index contributed by atoms with van der Waals surface area (Å²) in [5, 5.41) is 11.2. The predicted molar refractivity (Wildman–Crippen MR) is 80.8 cm³/mol. The van der Waals surface area contributed by atoms with Gasteiger partial charge in [-0.15, -0.1) is 11.8 Å². The highest BCUT2D eigenvalue weighted by molar-refractivity contribution is 8.00. The van der Waals surface area contributed by atoms with Gasteiger partial charge in [0, 0.05) is 5.25 Å². The Bertz CT molecular complexity index is 506. The lowest BCUT2D eigenvalue weighted by atomic mass is 10.3. The number of hydrogen-bond donors (Lipinski definition) is 0. The average Bonchev–Trinajstić information content (AvgIpc) is 2.44. The van der Waals surface area contributed by atoms with E-state index in [2.05, 4.69) is 4.74 Å². The highest BCUT2D eigenvalue weighted by Crippen LogP contribution is 2.39. The number of hydrogen-bond acceptors (Lipinski definition) is 6. The number of para-hydroxylation sites is 1. The number of carbonyl (C=O) groups excluding carboxylic acids is 1. The van der Waals surface area contributed by atoms with E-state index < -0.39 is 4.92 Å². The second kappa shape index (κ2) is 8.51. The van der Waals surface area contributed by atoms with E-state index in [1.807, 2.05) is 13.8 Å². The van der Waals surface area contributed by atoms with Crippen LogP contribution in [0.2, 0.25) is 0 Å². The lowest BCUT2D eigenvalue weighted by molar-refractivity contribution is -0.388. The Morgan fingerprint density at radius 3 is 2.76 bits per heavy atom. The quantitative estimate of drug-likeness (QED) is 0.317. The summed E-state index contributed by atoms with van der Waals surface area (Å²) < 4.78 is 10.0. The molecule has 6 nitrogen and oxygen atoms in total. The van der Waals surface area contributed by atoms with Gasteiger partial charge in [0.05, 0.1) is 30.0 Å². The summed E-state index contributed by atoms with van der Waals surface area (Å²) in [6.07, 6.45) is 0.964. The van der Waals surface area contributed by atoms with E-state index >= 15 is 0 Å². The van der Waals surface area contributed by atoms with Gasteiger partial charge in [-0.05, 0) is 18.6 Å². The van der Waals surface area contributed by atoms with Crippen molar-refractivity contribution in [2.45, 2.75) is 36.8 Å². The van der Waals surface area contributed by atoms with E-state index in [0.717, 1.165) is 6.42 Å². The summed E-state index contributed by atoms with van der Waals surface area (Å²) in [4.78, 5) is 22.6. The van der Waals surface area contributed by atoms with E-state index in [0.29, 0.717) is 11.5 Å². The molecule has 21 heavy (non-hydrogen) atoms. The number of nitro groups is 1. The molecule has 7 heteroatoms. The van der Waals surface area contributed by atoms with Crippen LogP contribution in [-0.2, 0) is 9.53 Å². The molecule has 1 aromatic rings. The molecule has 1 atom stereocenters. The average molecular weight is 313 g/mol. The van der Waals surface area contributed by atoms with Gasteiger partial charge >= 0.3 is 11.7 Å². The molecule has 0 spiro atoms. The van der Waals surface area contributed by atoms with Gasteiger partial charge in [-0.1, -0.05) is 19.9 Å². The molecule has 0 amide bonds. The third-order valence-corrected chi connectivity index (χ3v) is 3.77. The van der Waals surface area contributed by atoms with E-state index in [1.165, 1.54) is 18.9 Å². The van der Waals surface area contributed by atoms with Crippen molar-refractivity contribution in [3.05, 3.63) is 28.3 Å². The molecular weight excluding hydrogens is 294 g/mol. The van der Waals surface area contributed by atoms with Crippen LogP contribution in [0.4, 0.5) is 5.69 Å². The van der Waals surface area contributed by atoms with Crippen molar-refractivity contribution in [1.82, 2.24) is 0 Å². The molecule has 0 radical (unpaired) electrons. The smallest absolute Gasteiger partial charge is 0.324 e. The number of esters is 1. The second-order valence-electron chi connectivity index (χ2n) is 4.42. The van der Waals surface area contributed by atoms with E-state index in [1.54, 1.807) is 18.2 Å². The third kappa shape index (κ3) is 5.26. The lowest BCUT2D eigenvalue weighted by Crippen LogP contribution is -2.09. The number of ether oxygens (including phenoxy) is 2. The molecule has 0 heterocycles. The zero-order valence-corrected chi connectivity index (χ0v) is 13.1. The van der Waals surface area contributed by atoms with Crippen molar-refractivity contribution in [3.63, 3.8) is 0 Å². The van der Waals surface area contributed by atoms with E-state index in [4.69, 9.17) is 4.74 Å². The number of nitrogens with zero attached hydrogens (tertiary/aromatic N) is 1. The van der Waals surface area contributed by atoms with Gasteiger partial charge in [0.15, 0.2) is 5.75 Å². The molecule has 0 N–H and O–H groups in total. The molecule has 0 bridgehead atoms. The Morgan fingerprint density at radius 1 is 1.48 bits per heavy atom. The molecule has 0 fully saturated rings. The highest BCUT2D eigenvalue weighted by atomic mass is 32.2. The van der Waals surface area contributed by atoms with Crippen molar-refractivity contribution in [2.75, 3.05) is 13.7 Å². The Labute approximate surface area is 128 Å². The van der Waals surface area contributed by atoms with Crippen LogP contribution in [0.25, 0.3) is 0 Å². The first-order valence-electron chi connectivity index (χ1n) is 6.63. The van der Waals surface area contributed by atoms with Crippen molar-refractivity contribution >= 4 is 23.4 Å². The minimum Gasteiger partial charge on any atom is -0.487 e. The maximum absolute atomic E-state index is 11.3. The fraction of sp³-hybridized carbons (Fsp3) is 0.500. The van der Waals surface area contributed by atoms with E-state index in [-0.39, 0.29) is 29.1 Å². The monoisotopic (exact) mass is 313 g/mol. The molecule has 116 valence electrons. The van der Waals surface area contributed by atoms with Gasteiger partial charge in [-0.2, -0.15) is 0 Å². The zero-order valence-electron chi connectivity index (χ0n) is 12.3. The molecule has 0 aromatic heterocycles. The van der Waals surface area contributed by atoms with Crippen LogP contribution in [0.1, 0.15) is 26.7 Å². The summed E-state index contributed by atoms with van der Waals surface area (Å²) in [6.45, 7) is 4.18. The van der Waals surface area contributed by atoms with E-state index in [9.17, 15) is 14.9 Å². The van der Waals surface area contributed by atoms with Gasteiger partial charge in [-0.3, -0.25) is 14.9 Å². The van der Waals surface area contributed by atoms with Crippen molar-refractivity contribution in [2.24, 2.45) is 0 Å². The lowest BCUT2D eigenvalue weighted by Gasteiger charge is -2.12. The fourth-order valence-electron chi connectivity index (χ4n) is 1.68. The van der Waals surface area contributed by atoms with Gasteiger partial charge in [0.25, 0.3) is 0 Å². The first-order valence-corrected chi connectivity index (χ1v) is 7.51. The van der Waals surface area contributed by atoms with Gasteiger partial charge in [0.2, 0.25) is 0 Å². The third-order valence-electron chi connectivity index (χ3n) is 2.62. The van der Waals surface area contributed by atoms with Crippen molar-refractivity contribution < 1.29 is 19.2 Å². The van der Waals surface area contributed by atoms with Crippen molar-refractivity contribution in [3.8, 4) is 5.75 Å². The standard InChI is InChI=1S/C14H19NO5S/c1-4-8-20-11-6-5-7-12(14(11)15(17)18)21-10(2)9-13(16)19-3/h5-7,10H,4,8-9H2,1-3H3. The molecule has 1 aromatic carbocycles. The Kier molecular flexibility index (Phi) is 7.01. The number of rotatable bonds is 8. The molecule has 1 rings (SSSR count). The Hall–Kier alpha value is -1.76. The summed E-state index contributed by atoms with van der Waals surface area (Å²) in [6, 6.07) is 4.96. The van der Waals surface area contributed by atoms with Crippen LogP contribution in [-0.4, -0.2) is 29.9 Å².